The first-order chi connectivity index (χ1) is 14.1. The quantitative estimate of drug-likeness (QED) is 0.470. The molecule has 4 aromatic rings. The topological polar surface area (TPSA) is 67.3 Å². The first kappa shape index (κ1) is 18.7. The van der Waals surface area contributed by atoms with Crippen molar-refractivity contribution in [3.8, 4) is 11.5 Å². The van der Waals surface area contributed by atoms with E-state index in [4.69, 9.17) is 4.74 Å². The molecular weight excluding hydrogens is 362 g/mol. The van der Waals surface area contributed by atoms with Gasteiger partial charge in [0.05, 0.1) is 12.1 Å². The lowest BCUT2D eigenvalue weighted by atomic mass is 9.96. The summed E-state index contributed by atoms with van der Waals surface area (Å²) in [7, 11) is 0. The number of fused-ring (bicyclic) bond motifs is 1. The second-order valence-electron chi connectivity index (χ2n) is 7.11. The molecule has 5 heteroatoms. The second-order valence-corrected chi connectivity index (χ2v) is 7.11. The molecule has 0 saturated heterocycles. The molecule has 4 rings (SSSR count). The molecule has 0 unspecified atom stereocenters. The van der Waals surface area contributed by atoms with Gasteiger partial charge in [-0.1, -0.05) is 36.4 Å². The highest BCUT2D eigenvalue weighted by molar-refractivity contribution is 5.86. The van der Waals surface area contributed by atoms with E-state index < -0.39 is 0 Å². The van der Waals surface area contributed by atoms with Gasteiger partial charge in [0.15, 0.2) is 0 Å². The number of hydrogen-bond donors (Lipinski definition) is 2. The monoisotopic (exact) mass is 385 g/mol. The van der Waals surface area contributed by atoms with Gasteiger partial charge < -0.3 is 15.2 Å². The van der Waals surface area contributed by atoms with Crippen molar-refractivity contribution in [2.24, 2.45) is 0 Å². The summed E-state index contributed by atoms with van der Waals surface area (Å²) in [5, 5.41) is 15.3. The van der Waals surface area contributed by atoms with Crippen molar-refractivity contribution in [2.75, 3.05) is 5.32 Å². The molecule has 0 bridgehead atoms. The Morgan fingerprint density at radius 2 is 1.66 bits per heavy atom. The van der Waals surface area contributed by atoms with Gasteiger partial charge in [-0.05, 0) is 49.7 Å². The average molecular weight is 385 g/mol. The summed E-state index contributed by atoms with van der Waals surface area (Å²) in [6.45, 7) is 4.00. The number of aromatic hydroxyl groups is 1. The van der Waals surface area contributed by atoms with Crippen molar-refractivity contribution in [3.63, 3.8) is 0 Å². The smallest absolute Gasteiger partial charge is 0.147 e. The molecule has 29 heavy (non-hydrogen) atoms. The Morgan fingerprint density at radius 3 is 2.38 bits per heavy atom. The minimum Gasteiger partial charge on any atom is -0.505 e. The highest BCUT2D eigenvalue weighted by Crippen LogP contribution is 2.36. The first-order valence-electron chi connectivity index (χ1n) is 9.62. The third kappa shape index (κ3) is 4.14. The molecule has 0 aliphatic carbocycles. The van der Waals surface area contributed by atoms with Gasteiger partial charge in [0.25, 0.3) is 0 Å². The maximum atomic E-state index is 11.0. The summed E-state index contributed by atoms with van der Waals surface area (Å²) in [5.74, 6) is 1.70. The number of benzene rings is 2. The van der Waals surface area contributed by atoms with Crippen molar-refractivity contribution in [3.05, 3.63) is 90.3 Å². The molecule has 0 amide bonds. The number of phenols is 1. The second kappa shape index (κ2) is 8.19. The predicted molar refractivity (Wildman–Crippen MR) is 115 cm³/mol. The van der Waals surface area contributed by atoms with E-state index in [2.05, 4.69) is 15.3 Å². The van der Waals surface area contributed by atoms with Gasteiger partial charge in [-0.25, -0.2) is 4.98 Å². The summed E-state index contributed by atoms with van der Waals surface area (Å²) >= 11 is 0. The molecule has 1 atom stereocenters. The van der Waals surface area contributed by atoms with E-state index in [1.807, 2.05) is 80.6 Å². The molecule has 5 nitrogen and oxygen atoms in total. The maximum Gasteiger partial charge on any atom is 0.147 e. The summed E-state index contributed by atoms with van der Waals surface area (Å²) in [4.78, 5) is 8.74. The van der Waals surface area contributed by atoms with Crippen LogP contribution in [-0.4, -0.2) is 21.2 Å². The van der Waals surface area contributed by atoms with Crippen molar-refractivity contribution in [1.29, 1.82) is 0 Å². The summed E-state index contributed by atoms with van der Waals surface area (Å²) in [5.41, 5.74) is 2.30. The molecule has 0 aliphatic rings. The minimum atomic E-state index is -0.301. The van der Waals surface area contributed by atoms with Crippen LogP contribution in [0.4, 0.5) is 5.82 Å². The molecule has 2 N–H and O–H groups in total. The molecular formula is C24H23N3O2. The Kier molecular flexibility index (Phi) is 5.29. The van der Waals surface area contributed by atoms with Gasteiger partial charge in [0, 0.05) is 23.3 Å². The maximum absolute atomic E-state index is 11.0. The first-order valence-corrected chi connectivity index (χ1v) is 9.62. The van der Waals surface area contributed by atoms with E-state index in [0.717, 1.165) is 28.1 Å². The van der Waals surface area contributed by atoms with Crippen LogP contribution in [0.1, 0.15) is 31.0 Å². The SMILES string of the molecule is CC(C)Oc1ccc([C@H](Nc2ccccn2)c2ccc3cccnc3c2O)cc1. The number of anilines is 1. The Hall–Kier alpha value is -3.60. The number of pyridine rings is 2. The number of nitrogens with one attached hydrogen (secondary N) is 1. The van der Waals surface area contributed by atoms with Crippen LogP contribution in [-0.2, 0) is 0 Å². The zero-order valence-corrected chi connectivity index (χ0v) is 16.4. The highest BCUT2D eigenvalue weighted by atomic mass is 16.5. The van der Waals surface area contributed by atoms with Crippen molar-refractivity contribution < 1.29 is 9.84 Å². The number of rotatable bonds is 6. The van der Waals surface area contributed by atoms with Gasteiger partial charge >= 0.3 is 0 Å². The normalized spacial score (nSPS) is 12.1. The Labute approximate surface area is 170 Å². The lowest BCUT2D eigenvalue weighted by Gasteiger charge is -2.22. The molecule has 2 aromatic carbocycles. The van der Waals surface area contributed by atoms with Crippen LogP contribution in [0.15, 0.2) is 79.1 Å². The molecule has 0 radical (unpaired) electrons. The van der Waals surface area contributed by atoms with Gasteiger partial charge in [-0.3, -0.25) is 4.98 Å². The van der Waals surface area contributed by atoms with Crippen molar-refractivity contribution in [2.45, 2.75) is 26.0 Å². The number of aromatic nitrogens is 2. The van der Waals surface area contributed by atoms with Crippen LogP contribution in [0.25, 0.3) is 10.9 Å². The van der Waals surface area contributed by atoms with Gasteiger partial charge in [-0.2, -0.15) is 0 Å². The largest absolute Gasteiger partial charge is 0.505 e. The van der Waals surface area contributed by atoms with E-state index >= 15 is 0 Å². The summed E-state index contributed by atoms with van der Waals surface area (Å²) < 4.78 is 5.76. The lowest BCUT2D eigenvalue weighted by molar-refractivity contribution is 0.242. The number of ether oxygens (including phenoxy) is 1. The van der Waals surface area contributed by atoms with E-state index in [9.17, 15) is 5.11 Å². The van der Waals surface area contributed by atoms with Crippen LogP contribution < -0.4 is 10.1 Å². The van der Waals surface area contributed by atoms with E-state index in [0.29, 0.717) is 5.52 Å². The fraction of sp³-hybridized carbons (Fsp3) is 0.167. The molecule has 146 valence electrons. The number of nitrogens with zero attached hydrogens (tertiary/aromatic N) is 2. The highest BCUT2D eigenvalue weighted by Gasteiger charge is 2.20. The standard InChI is InChI=1S/C24H23N3O2/c1-16(2)29-19-11-8-18(9-12-19)22(27-21-7-3-4-14-25-21)20-13-10-17-6-5-15-26-23(17)24(20)28/h3-16,22,28H,1-2H3,(H,25,27)/t22-/m0/s1. The minimum absolute atomic E-state index is 0.110. The zero-order valence-electron chi connectivity index (χ0n) is 16.4. The lowest BCUT2D eigenvalue weighted by Crippen LogP contribution is -2.14. The molecule has 0 saturated carbocycles. The van der Waals surface area contributed by atoms with Gasteiger partial charge in [-0.15, -0.1) is 0 Å². The van der Waals surface area contributed by atoms with Crippen LogP contribution in [0.3, 0.4) is 0 Å². The fourth-order valence-corrected chi connectivity index (χ4v) is 3.33. The Morgan fingerprint density at radius 1 is 0.862 bits per heavy atom. The predicted octanol–water partition coefficient (Wildman–Crippen LogP) is 5.32. The van der Waals surface area contributed by atoms with Crippen molar-refractivity contribution in [1.82, 2.24) is 9.97 Å². The fourth-order valence-electron chi connectivity index (χ4n) is 3.33. The third-order valence-electron chi connectivity index (χ3n) is 4.63. The Balaban J connectivity index is 1.77. The van der Waals surface area contributed by atoms with Gasteiger partial charge in [0.2, 0.25) is 0 Å². The average Bonchev–Trinajstić information content (AvgIpc) is 2.74. The Bertz CT molecular complexity index is 1100. The van der Waals surface area contributed by atoms with E-state index in [1.54, 1.807) is 12.4 Å². The van der Waals surface area contributed by atoms with Crippen LogP contribution in [0.2, 0.25) is 0 Å². The van der Waals surface area contributed by atoms with Gasteiger partial charge in [0.1, 0.15) is 22.8 Å². The zero-order chi connectivity index (χ0) is 20.2. The summed E-state index contributed by atoms with van der Waals surface area (Å²) in [6.07, 6.45) is 3.53. The van der Waals surface area contributed by atoms with E-state index in [-0.39, 0.29) is 17.9 Å². The molecule has 0 aliphatic heterocycles. The van der Waals surface area contributed by atoms with Crippen molar-refractivity contribution >= 4 is 16.7 Å². The third-order valence-corrected chi connectivity index (χ3v) is 4.63. The molecule has 0 spiro atoms. The summed E-state index contributed by atoms with van der Waals surface area (Å²) in [6, 6.07) is 21.0. The molecule has 2 heterocycles. The number of hydrogen-bond acceptors (Lipinski definition) is 5. The molecule has 0 fully saturated rings. The van der Waals surface area contributed by atoms with Crippen LogP contribution >= 0.6 is 0 Å². The number of phenolic OH excluding ortho intramolecular Hbond substituents is 1. The van der Waals surface area contributed by atoms with Crippen LogP contribution in [0, 0.1) is 0 Å². The van der Waals surface area contributed by atoms with E-state index in [1.165, 1.54) is 0 Å². The molecule has 2 aromatic heterocycles. The van der Waals surface area contributed by atoms with Crippen LogP contribution in [0.5, 0.6) is 11.5 Å².